The maximum atomic E-state index is 2.32. The molecule has 0 N–H and O–H groups in total. The third-order valence-electron chi connectivity index (χ3n) is 7.70. The molecule has 0 aliphatic heterocycles. The van der Waals surface area contributed by atoms with Crippen molar-refractivity contribution in [2.45, 2.75) is 13.8 Å². The predicted octanol–water partition coefficient (Wildman–Crippen LogP) is 12.7. The molecule has 0 bridgehead atoms. The lowest BCUT2D eigenvalue weighted by atomic mass is 10.1. The van der Waals surface area contributed by atoms with E-state index in [0.29, 0.717) is 0 Å². The first-order chi connectivity index (χ1) is 21.6. The minimum atomic E-state index is 1.11. The quantitative estimate of drug-likeness (QED) is 0.170. The Hall–Kier alpha value is -4.90. The zero-order valence-corrected chi connectivity index (χ0v) is 26.4. The fourth-order valence-electron chi connectivity index (χ4n) is 5.53. The molecule has 214 valence electrons. The molecule has 4 heteroatoms. The van der Waals surface area contributed by atoms with Gasteiger partial charge in [-0.25, -0.2) is 0 Å². The summed E-state index contributed by atoms with van der Waals surface area (Å²) in [7, 11) is 0. The van der Waals surface area contributed by atoms with Gasteiger partial charge in [-0.05, 0) is 122 Å². The van der Waals surface area contributed by atoms with E-state index in [0.717, 1.165) is 34.1 Å². The van der Waals surface area contributed by atoms with Crippen LogP contribution >= 0.6 is 22.7 Å². The average Bonchev–Trinajstić information content (AvgIpc) is 3.72. The number of aryl methyl sites for hydroxylation is 2. The highest BCUT2D eigenvalue weighted by atomic mass is 32.1. The number of benzene rings is 5. The maximum Gasteiger partial charge on any atom is 0.0463 e. The maximum absolute atomic E-state index is 2.32. The summed E-state index contributed by atoms with van der Waals surface area (Å²) >= 11 is 3.66. The summed E-state index contributed by atoms with van der Waals surface area (Å²) in [6, 6.07) is 56.6. The number of nitrogens with zero attached hydrogens (tertiary/aromatic N) is 2. The molecule has 0 fully saturated rings. The minimum Gasteiger partial charge on any atom is -0.311 e. The molecule has 0 saturated carbocycles. The fourth-order valence-corrected chi connectivity index (χ4v) is 7.27. The second-order valence-electron chi connectivity index (χ2n) is 10.8. The van der Waals surface area contributed by atoms with Crippen molar-refractivity contribution in [3.05, 3.63) is 167 Å². The second-order valence-corrected chi connectivity index (χ2v) is 13.3. The van der Waals surface area contributed by atoms with E-state index in [2.05, 4.69) is 181 Å². The van der Waals surface area contributed by atoms with Gasteiger partial charge < -0.3 is 9.80 Å². The average molecular weight is 605 g/mol. The van der Waals surface area contributed by atoms with E-state index in [9.17, 15) is 0 Å². The van der Waals surface area contributed by atoms with Crippen LogP contribution in [0.3, 0.4) is 0 Å². The molecule has 0 saturated heterocycles. The lowest BCUT2D eigenvalue weighted by molar-refractivity contribution is 1.26. The molecular formula is C40H32N2S2. The van der Waals surface area contributed by atoms with E-state index in [-0.39, 0.29) is 0 Å². The van der Waals surface area contributed by atoms with Crippen LogP contribution in [0.25, 0.3) is 20.9 Å². The second kappa shape index (κ2) is 12.4. The van der Waals surface area contributed by atoms with Gasteiger partial charge in [-0.2, -0.15) is 0 Å². The molecule has 0 radical (unpaired) electrons. The Morgan fingerprint density at radius 2 is 0.614 bits per heavy atom. The molecule has 0 atom stereocenters. The first kappa shape index (κ1) is 27.9. The summed E-state index contributed by atoms with van der Waals surface area (Å²) in [5.74, 6) is 0. The van der Waals surface area contributed by atoms with Crippen molar-refractivity contribution in [1.29, 1.82) is 0 Å². The number of thiophene rings is 2. The van der Waals surface area contributed by atoms with Crippen LogP contribution in [0, 0.1) is 13.8 Å². The van der Waals surface area contributed by atoms with E-state index < -0.39 is 0 Å². The summed E-state index contributed by atoms with van der Waals surface area (Å²) in [4.78, 5) is 9.88. The van der Waals surface area contributed by atoms with Gasteiger partial charge in [0, 0.05) is 53.6 Å². The largest absolute Gasteiger partial charge is 0.311 e. The number of hydrogen-bond donors (Lipinski definition) is 0. The molecule has 2 heterocycles. The summed E-state index contributed by atoms with van der Waals surface area (Å²) in [6.45, 7) is 4.31. The van der Waals surface area contributed by atoms with Crippen LogP contribution in [0.4, 0.5) is 34.1 Å². The summed E-state index contributed by atoms with van der Waals surface area (Å²) in [5, 5.41) is 0. The number of rotatable bonds is 8. The highest BCUT2D eigenvalue weighted by molar-refractivity contribution is 7.15. The molecule has 0 aliphatic carbocycles. The Balaban J connectivity index is 1.24. The van der Waals surface area contributed by atoms with Crippen molar-refractivity contribution in [2.24, 2.45) is 0 Å². The van der Waals surface area contributed by atoms with Gasteiger partial charge in [0.05, 0.1) is 0 Å². The van der Waals surface area contributed by atoms with Crippen LogP contribution < -0.4 is 9.80 Å². The highest BCUT2D eigenvalue weighted by Gasteiger charge is 2.16. The Kier molecular flexibility index (Phi) is 7.85. The van der Waals surface area contributed by atoms with Crippen molar-refractivity contribution in [3.63, 3.8) is 0 Å². The van der Waals surface area contributed by atoms with E-state index >= 15 is 0 Å². The van der Waals surface area contributed by atoms with Crippen molar-refractivity contribution >= 4 is 56.8 Å². The molecule has 2 aromatic heterocycles. The monoisotopic (exact) mass is 604 g/mol. The Morgan fingerprint density at radius 3 is 0.909 bits per heavy atom. The molecule has 0 unspecified atom stereocenters. The van der Waals surface area contributed by atoms with Gasteiger partial charge in [-0.1, -0.05) is 60.7 Å². The predicted molar refractivity (Wildman–Crippen MR) is 192 cm³/mol. The van der Waals surface area contributed by atoms with Crippen LogP contribution in [0.15, 0.2) is 158 Å². The van der Waals surface area contributed by atoms with Crippen LogP contribution in [0.5, 0.6) is 0 Å². The van der Waals surface area contributed by atoms with Crippen molar-refractivity contribution in [2.75, 3.05) is 9.80 Å². The zero-order chi connectivity index (χ0) is 29.9. The van der Waals surface area contributed by atoms with Crippen molar-refractivity contribution in [3.8, 4) is 20.9 Å². The van der Waals surface area contributed by atoms with Gasteiger partial charge in [0.15, 0.2) is 0 Å². The van der Waals surface area contributed by atoms with E-state index in [1.165, 1.54) is 30.6 Å². The van der Waals surface area contributed by atoms with Crippen LogP contribution in [-0.2, 0) is 0 Å². The fraction of sp³-hybridized carbons (Fsp3) is 0.0500. The molecule has 0 aliphatic rings. The van der Waals surface area contributed by atoms with Crippen molar-refractivity contribution in [1.82, 2.24) is 0 Å². The van der Waals surface area contributed by atoms with E-state index in [4.69, 9.17) is 0 Å². The third kappa shape index (κ3) is 5.83. The minimum absolute atomic E-state index is 1.11. The van der Waals surface area contributed by atoms with Gasteiger partial charge in [0.1, 0.15) is 0 Å². The van der Waals surface area contributed by atoms with E-state index in [1.807, 2.05) is 22.7 Å². The molecular weight excluding hydrogens is 573 g/mol. The zero-order valence-electron chi connectivity index (χ0n) is 24.7. The van der Waals surface area contributed by atoms with Gasteiger partial charge in [0.25, 0.3) is 0 Å². The standard InChI is InChI=1S/C40H32N2S2/c1-29-13-27-39(43-29)31-15-19-35(20-16-31)41(33-9-5-3-6-10-33)37-23-25-38(26-24-37)42(34-11-7-4-8-12-34)36-21-17-32(18-22-36)40-28-14-30(2)44-40/h3-28H,1-2H3. The SMILES string of the molecule is Cc1ccc(-c2ccc(N(c3ccccc3)c3ccc(N(c4ccccc4)c4ccc(-c5ccc(C)s5)cc4)cc3)cc2)s1. The van der Waals surface area contributed by atoms with Gasteiger partial charge in [-0.15, -0.1) is 22.7 Å². The van der Waals surface area contributed by atoms with Gasteiger partial charge in [-0.3, -0.25) is 0 Å². The Morgan fingerprint density at radius 1 is 0.318 bits per heavy atom. The molecule has 0 amide bonds. The number of hydrogen-bond acceptors (Lipinski definition) is 4. The number of anilines is 6. The highest BCUT2D eigenvalue weighted by Crippen LogP contribution is 2.40. The van der Waals surface area contributed by atoms with Crippen molar-refractivity contribution < 1.29 is 0 Å². The molecule has 2 nitrogen and oxygen atoms in total. The Bertz CT molecular complexity index is 1810. The third-order valence-corrected chi connectivity index (χ3v) is 9.80. The van der Waals surface area contributed by atoms with Gasteiger partial charge >= 0.3 is 0 Å². The Labute approximate surface area is 267 Å². The molecule has 7 rings (SSSR count). The van der Waals surface area contributed by atoms with Gasteiger partial charge in [0.2, 0.25) is 0 Å². The van der Waals surface area contributed by atoms with Crippen LogP contribution in [0.1, 0.15) is 9.75 Å². The normalized spacial score (nSPS) is 11.0. The first-order valence-electron chi connectivity index (χ1n) is 14.8. The number of para-hydroxylation sites is 2. The molecule has 5 aromatic carbocycles. The summed E-state index contributed by atoms with van der Waals surface area (Å²) < 4.78 is 0. The molecule has 7 aromatic rings. The van der Waals surface area contributed by atoms with E-state index in [1.54, 1.807) is 0 Å². The molecule has 44 heavy (non-hydrogen) atoms. The lowest BCUT2D eigenvalue weighted by Crippen LogP contribution is -2.12. The van der Waals surface area contributed by atoms with Crippen LogP contribution in [0.2, 0.25) is 0 Å². The topological polar surface area (TPSA) is 6.48 Å². The molecule has 0 spiro atoms. The first-order valence-corrected chi connectivity index (χ1v) is 16.4. The van der Waals surface area contributed by atoms with Crippen LogP contribution in [-0.4, -0.2) is 0 Å². The summed E-state index contributed by atoms with van der Waals surface area (Å²) in [6.07, 6.45) is 0. The lowest BCUT2D eigenvalue weighted by Gasteiger charge is -2.28. The summed E-state index contributed by atoms with van der Waals surface area (Å²) in [5.41, 5.74) is 9.20. The smallest absolute Gasteiger partial charge is 0.0463 e.